The van der Waals surface area contributed by atoms with E-state index in [1.54, 1.807) is 0 Å². The maximum atomic E-state index is 6.06. The molecule has 0 radical (unpaired) electrons. The molecule has 0 amide bonds. The van der Waals surface area contributed by atoms with Gasteiger partial charge < -0.3 is 5.32 Å². The number of H-pyrrole nitrogens is 1. The van der Waals surface area contributed by atoms with Gasteiger partial charge >= 0.3 is 0 Å². The van der Waals surface area contributed by atoms with Crippen molar-refractivity contribution in [2.75, 3.05) is 5.32 Å². The predicted octanol–water partition coefficient (Wildman–Crippen LogP) is 4.20. The van der Waals surface area contributed by atoms with Crippen LogP contribution in [0.2, 0.25) is 5.02 Å². The maximum absolute atomic E-state index is 6.06. The average Bonchev–Trinajstić information content (AvgIpc) is 2.56. The molecular formula is C8H5ClIN3S2. The van der Waals surface area contributed by atoms with Gasteiger partial charge in [0, 0.05) is 3.57 Å². The lowest BCUT2D eigenvalue weighted by Gasteiger charge is -2.04. The minimum absolute atomic E-state index is 0.638. The summed E-state index contributed by atoms with van der Waals surface area (Å²) in [6.07, 6.45) is 0. The monoisotopic (exact) mass is 369 g/mol. The van der Waals surface area contributed by atoms with Gasteiger partial charge in [-0.2, -0.15) is 0 Å². The van der Waals surface area contributed by atoms with Crippen LogP contribution < -0.4 is 5.32 Å². The third-order valence-corrected chi connectivity index (χ3v) is 3.60. The van der Waals surface area contributed by atoms with Crippen molar-refractivity contribution in [2.24, 2.45) is 0 Å². The van der Waals surface area contributed by atoms with Crippen LogP contribution in [0.4, 0.5) is 10.8 Å². The number of aromatic amines is 1. The average molecular weight is 370 g/mol. The second-order valence-electron chi connectivity index (χ2n) is 2.67. The highest BCUT2D eigenvalue weighted by atomic mass is 127. The molecule has 0 unspecified atom stereocenters. The summed E-state index contributed by atoms with van der Waals surface area (Å²) in [6.45, 7) is 0. The van der Waals surface area contributed by atoms with Gasteiger partial charge in [-0.25, -0.2) is 0 Å². The summed E-state index contributed by atoms with van der Waals surface area (Å²) in [7, 11) is 0. The van der Waals surface area contributed by atoms with E-state index in [4.69, 9.17) is 23.8 Å². The number of hydrogen-bond acceptors (Lipinski definition) is 4. The maximum Gasteiger partial charge on any atom is 0.208 e. The SMILES string of the molecule is S=c1[nH]nc(Nc2ccc(I)cc2Cl)s1. The van der Waals surface area contributed by atoms with Crippen molar-refractivity contribution in [1.29, 1.82) is 0 Å². The van der Waals surface area contributed by atoms with Crippen molar-refractivity contribution in [3.8, 4) is 0 Å². The fraction of sp³-hybridized carbons (Fsp3) is 0. The molecule has 3 nitrogen and oxygen atoms in total. The Bertz CT molecular complexity index is 537. The van der Waals surface area contributed by atoms with E-state index >= 15 is 0 Å². The fourth-order valence-corrected chi connectivity index (χ4v) is 2.69. The van der Waals surface area contributed by atoms with Gasteiger partial charge in [0.15, 0.2) is 3.95 Å². The van der Waals surface area contributed by atoms with E-state index in [2.05, 4.69) is 38.1 Å². The number of rotatable bonds is 2. The molecule has 15 heavy (non-hydrogen) atoms. The molecule has 0 saturated carbocycles. The van der Waals surface area contributed by atoms with E-state index < -0.39 is 0 Å². The Morgan fingerprint density at radius 3 is 2.93 bits per heavy atom. The van der Waals surface area contributed by atoms with Gasteiger partial charge in [0.05, 0.1) is 10.7 Å². The Morgan fingerprint density at radius 1 is 1.53 bits per heavy atom. The molecule has 78 valence electrons. The highest BCUT2D eigenvalue weighted by Gasteiger charge is 2.03. The molecule has 1 aromatic heterocycles. The quantitative estimate of drug-likeness (QED) is 0.615. The summed E-state index contributed by atoms with van der Waals surface area (Å²) >= 11 is 14.6. The number of benzene rings is 1. The molecule has 0 aliphatic heterocycles. The minimum Gasteiger partial charge on any atom is -0.329 e. The van der Waals surface area contributed by atoms with Crippen LogP contribution in [-0.4, -0.2) is 10.2 Å². The Balaban J connectivity index is 2.28. The Kier molecular flexibility index (Phi) is 3.60. The van der Waals surface area contributed by atoms with E-state index in [1.165, 1.54) is 11.3 Å². The van der Waals surface area contributed by atoms with Gasteiger partial charge in [-0.1, -0.05) is 22.9 Å². The van der Waals surface area contributed by atoms with Crippen LogP contribution in [0.25, 0.3) is 0 Å². The molecule has 2 N–H and O–H groups in total. The summed E-state index contributed by atoms with van der Waals surface area (Å²) in [6, 6.07) is 5.77. The first-order chi connectivity index (χ1) is 7.15. The highest BCUT2D eigenvalue weighted by molar-refractivity contribution is 14.1. The largest absolute Gasteiger partial charge is 0.329 e. The van der Waals surface area contributed by atoms with Crippen LogP contribution >= 0.6 is 57.7 Å². The molecule has 0 spiro atoms. The van der Waals surface area contributed by atoms with Crippen LogP contribution in [0.15, 0.2) is 18.2 Å². The molecule has 0 aliphatic rings. The van der Waals surface area contributed by atoms with E-state index in [1.807, 2.05) is 18.2 Å². The topological polar surface area (TPSA) is 40.7 Å². The summed E-state index contributed by atoms with van der Waals surface area (Å²) in [5, 5.41) is 11.2. The molecule has 0 atom stereocenters. The third-order valence-electron chi connectivity index (χ3n) is 1.61. The predicted molar refractivity (Wildman–Crippen MR) is 74.8 cm³/mol. The van der Waals surface area contributed by atoms with Gasteiger partial charge in [-0.05, 0) is 53.0 Å². The normalized spacial score (nSPS) is 10.3. The third kappa shape index (κ3) is 2.90. The zero-order chi connectivity index (χ0) is 10.8. The smallest absolute Gasteiger partial charge is 0.208 e. The number of nitrogens with one attached hydrogen (secondary N) is 2. The number of halogens is 2. The number of aromatic nitrogens is 2. The summed E-state index contributed by atoms with van der Waals surface area (Å²) < 4.78 is 1.73. The first kappa shape index (κ1) is 11.3. The summed E-state index contributed by atoms with van der Waals surface area (Å²) in [5.41, 5.74) is 0.829. The Morgan fingerprint density at radius 2 is 2.33 bits per heavy atom. The van der Waals surface area contributed by atoms with Crippen LogP contribution in [0.5, 0.6) is 0 Å². The lowest BCUT2D eigenvalue weighted by molar-refractivity contribution is 1.08. The van der Waals surface area contributed by atoms with Gasteiger partial charge in [0.25, 0.3) is 0 Å². The van der Waals surface area contributed by atoms with Crippen molar-refractivity contribution in [1.82, 2.24) is 10.2 Å². The van der Waals surface area contributed by atoms with E-state index in [0.717, 1.165) is 9.26 Å². The summed E-state index contributed by atoms with van der Waals surface area (Å²) in [4.78, 5) is 0. The van der Waals surface area contributed by atoms with Crippen molar-refractivity contribution < 1.29 is 0 Å². The Hall–Kier alpha value is -0.180. The fourth-order valence-electron chi connectivity index (χ4n) is 0.989. The molecule has 2 aromatic rings. The van der Waals surface area contributed by atoms with Crippen LogP contribution in [0, 0.1) is 7.52 Å². The van der Waals surface area contributed by atoms with Gasteiger partial charge in [0.1, 0.15) is 0 Å². The molecule has 0 saturated heterocycles. The Labute approximate surface area is 114 Å². The lowest BCUT2D eigenvalue weighted by Crippen LogP contribution is -1.90. The number of nitrogens with zero attached hydrogens (tertiary/aromatic N) is 1. The van der Waals surface area contributed by atoms with Crippen molar-refractivity contribution in [3.05, 3.63) is 30.7 Å². The minimum atomic E-state index is 0.638. The summed E-state index contributed by atoms with van der Waals surface area (Å²) in [5.74, 6) is 0. The second kappa shape index (κ2) is 4.77. The molecule has 0 aliphatic carbocycles. The van der Waals surface area contributed by atoms with Gasteiger partial charge in [-0.3, -0.25) is 5.10 Å². The van der Waals surface area contributed by atoms with Gasteiger partial charge in [-0.15, -0.1) is 5.10 Å². The first-order valence-electron chi connectivity index (χ1n) is 3.93. The van der Waals surface area contributed by atoms with Crippen molar-refractivity contribution >= 4 is 68.6 Å². The van der Waals surface area contributed by atoms with Crippen LogP contribution in [-0.2, 0) is 0 Å². The molecule has 2 rings (SSSR count). The number of hydrogen-bond donors (Lipinski definition) is 2. The van der Waals surface area contributed by atoms with Crippen LogP contribution in [0.3, 0.4) is 0 Å². The second-order valence-corrected chi connectivity index (χ2v) is 5.99. The van der Waals surface area contributed by atoms with Crippen LogP contribution in [0.1, 0.15) is 0 Å². The molecule has 7 heteroatoms. The van der Waals surface area contributed by atoms with Crippen molar-refractivity contribution in [2.45, 2.75) is 0 Å². The van der Waals surface area contributed by atoms with Gasteiger partial charge in [0.2, 0.25) is 5.13 Å². The van der Waals surface area contributed by atoms with Crippen molar-refractivity contribution in [3.63, 3.8) is 0 Å². The standard InChI is InChI=1S/C8H5ClIN3S2/c9-5-3-4(10)1-2-6(5)11-7-12-13-8(14)15-7/h1-3H,(H,11,12)(H,13,14). The lowest BCUT2D eigenvalue weighted by atomic mass is 10.3. The van der Waals surface area contributed by atoms with E-state index in [9.17, 15) is 0 Å². The first-order valence-corrected chi connectivity index (χ1v) is 6.61. The highest BCUT2D eigenvalue weighted by Crippen LogP contribution is 2.27. The molecule has 0 fully saturated rings. The molecule has 1 aromatic carbocycles. The number of anilines is 2. The molecule has 0 bridgehead atoms. The zero-order valence-electron chi connectivity index (χ0n) is 7.25. The van der Waals surface area contributed by atoms with E-state index in [-0.39, 0.29) is 0 Å². The van der Waals surface area contributed by atoms with E-state index in [0.29, 0.717) is 14.1 Å². The zero-order valence-corrected chi connectivity index (χ0v) is 11.8. The molecule has 1 heterocycles. The molecular weight excluding hydrogens is 365 g/mol.